The molecule has 0 fully saturated rings. The minimum atomic E-state index is -1.95. The summed E-state index contributed by atoms with van der Waals surface area (Å²) in [6.45, 7) is 4.84. The van der Waals surface area contributed by atoms with E-state index in [-0.39, 0.29) is 0 Å². The molecule has 0 aliphatic carbocycles. The molecule has 2 aromatic heterocycles. The molecule has 0 aliphatic rings. The fourth-order valence-electron chi connectivity index (χ4n) is 4.59. The van der Waals surface area contributed by atoms with Gasteiger partial charge in [-0.15, -0.1) is 0 Å². The number of nitrogens with zero attached hydrogens (tertiary/aromatic N) is 4. The molecule has 6 rings (SSSR count). The number of rotatable bonds is 4. The van der Waals surface area contributed by atoms with E-state index in [0.717, 1.165) is 33.4 Å². The molecule has 4 nitrogen and oxygen atoms in total. The Kier molecular flexibility index (Phi) is 4.52. The fraction of sp³-hybridized carbons (Fsp3) is 0.0714. The van der Waals surface area contributed by atoms with Crippen LogP contribution in [0.2, 0.25) is 13.1 Å². The van der Waals surface area contributed by atoms with Gasteiger partial charge in [-0.05, 0) is 48.5 Å². The van der Waals surface area contributed by atoms with Crippen LogP contribution in [0, 0.1) is 0 Å². The Labute approximate surface area is 193 Å². The summed E-state index contributed by atoms with van der Waals surface area (Å²) in [6.07, 6.45) is 3.84. The summed E-state index contributed by atoms with van der Waals surface area (Å²) in [5.74, 6) is 0. The summed E-state index contributed by atoms with van der Waals surface area (Å²) in [4.78, 5) is 9.15. The quantitative estimate of drug-likeness (QED) is 0.351. The van der Waals surface area contributed by atoms with Crippen LogP contribution >= 0.6 is 0 Å². The van der Waals surface area contributed by atoms with Crippen molar-refractivity contribution in [2.24, 2.45) is 0 Å². The minimum Gasteiger partial charge on any atom is -0.299 e. The Morgan fingerprint density at radius 1 is 0.545 bits per heavy atom. The largest absolute Gasteiger partial charge is 0.299 e. The number of fused-ring (bicyclic) bond motifs is 2. The van der Waals surface area contributed by atoms with Crippen LogP contribution < -0.4 is 10.4 Å². The maximum absolute atomic E-state index is 4.58. The lowest BCUT2D eigenvalue weighted by molar-refractivity contribution is 1.09. The molecular formula is C28H24N4Si. The highest BCUT2D eigenvalue weighted by molar-refractivity contribution is 7.00. The predicted molar refractivity (Wildman–Crippen MR) is 139 cm³/mol. The lowest BCUT2D eigenvalue weighted by atomic mass is 10.3. The van der Waals surface area contributed by atoms with E-state index in [2.05, 4.69) is 117 Å². The molecule has 160 valence electrons. The lowest BCUT2D eigenvalue weighted by Crippen LogP contribution is -2.53. The van der Waals surface area contributed by atoms with E-state index >= 15 is 0 Å². The standard InChI is InChI=1S/C28H24N4Si/c1-33(2,23-11-7-9-21(17-23)31-19-29-25-13-3-5-15-27(25)31)24-12-8-10-22(18-24)32-20-30-26-14-4-6-16-28(26)32/h3-20H,1-2H3. The molecule has 0 unspecified atom stereocenters. The van der Waals surface area contributed by atoms with Gasteiger partial charge in [-0.3, -0.25) is 9.13 Å². The van der Waals surface area contributed by atoms with Gasteiger partial charge in [0.1, 0.15) is 20.7 Å². The summed E-state index contributed by atoms with van der Waals surface area (Å²) in [7, 11) is -1.95. The summed E-state index contributed by atoms with van der Waals surface area (Å²) in [6, 6.07) is 34.4. The van der Waals surface area contributed by atoms with Crippen molar-refractivity contribution in [3.05, 3.63) is 110 Å². The zero-order valence-electron chi connectivity index (χ0n) is 18.7. The van der Waals surface area contributed by atoms with Crippen LogP contribution in [-0.2, 0) is 0 Å². The van der Waals surface area contributed by atoms with Gasteiger partial charge in [0, 0.05) is 11.4 Å². The van der Waals surface area contributed by atoms with Crippen LogP contribution in [0.15, 0.2) is 110 Å². The second kappa shape index (κ2) is 7.57. The molecule has 2 heterocycles. The van der Waals surface area contributed by atoms with Gasteiger partial charge in [-0.1, -0.05) is 72.0 Å². The van der Waals surface area contributed by atoms with Crippen LogP contribution in [0.25, 0.3) is 33.4 Å². The Hall–Kier alpha value is -3.96. The zero-order valence-corrected chi connectivity index (χ0v) is 19.7. The number of para-hydroxylation sites is 4. The van der Waals surface area contributed by atoms with Gasteiger partial charge in [-0.25, -0.2) is 9.97 Å². The monoisotopic (exact) mass is 444 g/mol. The third-order valence-corrected chi connectivity index (χ3v) is 10.1. The van der Waals surface area contributed by atoms with Crippen molar-refractivity contribution in [1.82, 2.24) is 19.1 Å². The van der Waals surface area contributed by atoms with Crippen molar-refractivity contribution in [3.63, 3.8) is 0 Å². The van der Waals surface area contributed by atoms with Crippen molar-refractivity contribution in [2.75, 3.05) is 0 Å². The summed E-state index contributed by atoms with van der Waals surface area (Å²) in [5, 5.41) is 2.79. The molecule has 0 amide bonds. The van der Waals surface area contributed by atoms with Crippen molar-refractivity contribution < 1.29 is 0 Å². The van der Waals surface area contributed by atoms with Crippen LogP contribution in [0.3, 0.4) is 0 Å². The average Bonchev–Trinajstić information content (AvgIpc) is 3.49. The molecule has 0 saturated carbocycles. The molecule has 6 aromatic rings. The first kappa shape index (κ1) is 19.7. The molecule has 0 bridgehead atoms. The number of hydrogen-bond donors (Lipinski definition) is 0. The molecule has 33 heavy (non-hydrogen) atoms. The van der Waals surface area contributed by atoms with Crippen LogP contribution in [0.4, 0.5) is 0 Å². The first-order chi connectivity index (χ1) is 16.1. The van der Waals surface area contributed by atoms with Crippen LogP contribution in [-0.4, -0.2) is 27.2 Å². The molecule has 0 spiro atoms. The Morgan fingerprint density at radius 3 is 1.48 bits per heavy atom. The average molecular weight is 445 g/mol. The normalized spacial score (nSPS) is 11.9. The van der Waals surface area contributed by atoms with E-state index < -0.39 is 8.07 Å². The van der Waals surface area contributed by atoms with Gasteiger partial charge in [0.15, 0.2) is 0 Å². The van der Waals surface area contributed by atoms with E-state index in [1.165, 1.54) is 10.4 Å². The molecule has 4 aromatic carbocycles. The van der Waals surface area contributed by atoms with Crippen LogP contribution in [0.1, 0.15) is 0 Å². The predicted octanol–water partition coefficient (Wildman–Crippen LogP) is 5.19. The Balaban J connectivity index is 1.42. The zero-order chi connectivity index (χ0) is 22.4. The van der Waals surface area contributed by atoms with E-state index in [4.69, 9.17) is 0 Å². The van der Waals surface area contributed by atoms with Crippen molar-refractivity contribution in [1.29, 1.82) is 0 Å². The van der Waals surface area contributed by atoms with Gasteiger partial charge >= 0.3 is 0 Å². The maximum Gasteiger partial charge on any atom is 0.112 e. The molecule has 0 aliphatic heterocycles. The SMILES string of the molecule is C[Si](C)(c1cccc(-n2cnc3ccccc32)c1)c1cccc(-n2cnc3ccccc32)c1. The molecular weight excluding hydrogens is 420 g/mol. The first-order valence-electron chi connectivity index (χ1n) is 11.2. The van der Waals surface area contributed by atoms with Gasteiger partial charge in [0.05, 0.1) is 22.1 Å². The molecule has 0 saturated heterocycles. The second-order valence-corrected chi connectivity index (χ2v) is 13.3. The van der Waals surface area contributed by atoms with E-state index in [0.29, 0.717) is 0 Å². The summed E-state index contributed by atoms with van der Waals surface area (Å²) >= 11 is 0. The third kappa shape index (κ3) is 3.29. The van der Waals surface area contributed by atoms with E-state index in [1.54, 1.807) is 0 Å². The van der Waals surface area contributed by atoms with Gasteiger partial charge in [0.2, 0.25) is 0 Å². The summed E-state index contributed by atoms with van der Waals surface area (Å²) in [5.41, 5.74) is 6.59. The first-order valence-corrected chi connectivity index (χ1v) is 14.2. The Morgan fingerprint density at radius 2 is 1.00 bits per heavy atom. The maximum atomic E-state index is 4.58. The number of imidazole rings is 2. The highest BCUT2D eigenvalue weighted by Gasteiger charge is 2.27. The molecule has 0 atom stereocenters. The minimum absolute atomic E-state index is 1.01. The van der Waals surface area contributed by atoms with Gasteiger partial charge in [0.25, 0.3) is 0 Å². The van der Waals surface area contributed by atoms with Crippen LogP contribution in [0.5, 0.6) is 0 Å². The third-order valence-electron chi connectivity index (χ3n) is 6.60. The second-order valence-electron chi connectivity index (χ2n) is 8.93. The number of benzene rings is 4. The Bertz CT molecular complexity index is 1490. The van der Waals surface area contributed by atoms with Gasteiger partial charge in [-0.2, -0.15) is 0 Å². The van der Waals surface area contributed by atoms with Gasteiger partial charge < -0.3 is 0 Å². The topological polar surface area (TPSA) is 35.6 Å². The van der Waals surface area contributed by atoms with Crippen molar-refractivity contribution in [3.8, 4) is 11.4 Å². The van der Waals surface area contributed by atoms with E-state index in [1.807, 2.05) is 24.8 Å². The number of hydrogen-bond acceptors (Lipinski definition) is 2. The molecule has 5 heteroatoms. The number of aromatic nitrogens is 4. The molecule has 0 N–H and O–H groups in total. The highest BCUT2D eigenvalue weighted by atomic mass is 28.3. The molecule has 0 radical (unpaired) electrons. The highest BCUT2D eigenvalue weighted by Crippen LogP contribution is 2.20. The van der Waals surface area contributed by atoms with E-state index in [9.17, 15) is 0 Å². The fourth-order valence-corrected chi connectivity index (χ4v) is 6.96. The lowest BCUT2D eigenvalue weighted by Gasteiger charge is -2.25. The van der Waals surface area contributed by atoms with Crippen molar-refractivity contribution >= 4 is 40.5 Å². The summed E-state index contributed by atoms with van der Waals surface area (Å²) < 4.78 is 4.36. The van der Waals surface area contributed by atoms with Crippen molar-refractivity contribution in [2.45, 2.75) is 13.1 Å². The smallest absolute Gasteiger partial charge is 0.112 e.